The van der Waals surface area contributed by atoms with E-state index in [-0.39, 0.29) is 5.78 Å². The van der Waals surface area contributed by atoms with Gasteiger partial charge in [0.05, 0.1) is 0 Å². The van der Waals surface area contributed by atoms with Gasteiger partial charge in [-0.1, -0.05) is 11.6 Å². The summed E-state index contributed by atoms with van der Waals surface area (Å²) >= 11 is 7.46. The molecule has 16 heavy (non-hydrogen) atoms. The highest BCUT2D eigenvalue weighted by Crippen LogP contribution is 2.18. The van der Waals surface area contributed by atoms with Crippen molar-refractivity contribution in [3.63, 3.8) is 0 Å². The van der Waals surface area contributed by atoms with Crippen LogP contribution in [-0.4, -0.2) is 5.78 Å². The first-order valence-electron chi connectivity index (χ1n) is 4.97. The molecule has 1 nitrogen and oxygen atoms in total. The molecule has 0 unspecified atom stereocenters. The van der Waals surface area contributed by atoms with Gasteiger partial charge in [0.15, 0.2) is 5.78 Å². The van der Waals surface area contributed by atoms with Crippen molar-refractivity contribution in [3.05, 3.63) is 56.7 Å². The number of halogens is 1. The van der Waals surface area contributed by atoms with Gasteiger partial charge in [-0.15, -0.1) is 0 Å². The molecule has 2 rings (SSSR count). The maximum absolute atomic E-state index is 12.0. The first kappa shape index (κ1) is 11.4. The van der Waals surface area contributed by atoms with Crippen LogP contribution in [0.15, 0.2) is 35.0 Å². The Kier molecular flexibility index (Phi) is 3.42. The van der Waals surface area contributed by atoms with Crippen LogP contribution in [0.4, 0.5) is 0 Å². The highest BCUT2D eigenvalue weighted by molar-refractivity contribution is 7.08. The minimum absolute atomic E-state index is 0.146. The summed E-state index contributed by atoms with van der Waals surface area (Å²) in [5.74, 6) is 0.146. The van der Waals surface area contributed by atoms with Gasteiger partial charge in [0, 0.05) is 17.0 Å². The lowest BCUT2D eigenvalue weighted by Gasteiger charge is -2.04. The quantitative estimate of drug-likeness (QED) is 0.749. The van der Waals surface area contributed by atoms with Crippen molar-refractivity contribution in [2.75, 3.05) is 0 Å². The molecule has 0 fully saturated rings. The van der Waals surface area contributed by atoms with Crippen molar-refractivity contribution < 1.29 is 4.79 Å². The molecule has 2 aromatic rings. The van der Waals surface area contributed by atoms with Crippen molar-refractivity contribution in [2.24, 2.45) is 0 Å². The number of carbonyl (C=O) groups excluding carboxylic acids is 1. The van der Waals surface area contributed by atoms with Crippen molar-refractivity contribution in [2.45, 2.75) is 13.3 Å². The van der Waals surface area contributed by atoms with E-state index in [1.165, 1.54) is 0 Å². The number of benzene rings is 1. The Hall–Kier alpha value is -1.12. The molecule has 0 amide bonds. The van der Waals surface area contributed by atoms with Gasteiger partial charge in [-0.05, 0) is 53.1 Å². The van der Waals surface area contributed by atoms with Crippen LogP contribution < -0.4 is 0 Å². The average Bonchev–Trinajstić information content (AvgIpc) is 2.70. The highest BCUT2D eigenvalue weighted by atomic mass is 35.5. The number of Topliss-reactive ketones (excluding diaryl/α,β-unsaturated/α-hetero) is 1. The summed E-state index contributed by atoms with van der Waals surface area (Å²) in [5, 5.41) is 4.66. The minimum Gasteiger partial charge on any atom is -0.294 e. The first-order chi connectivity index (χ1) is 7.66. The Balaban J connectivity index is 2.21. The molecule has 0 radical (unpaired) electrons. The predicted molar refractivity (Wildman–Crippen MR) is 68.5 cm³/mol. The molecular weight excluding hydrogens is 240 g/mol. The third kappa shape index (κ3) is 2.52. The Morgan fingerprint density at radius 2 is 2.19 bits per heavy atom. The number of hydrogen-bond acceptors (Lipinski definition) is 2. The molecule has 82 valence electrons. The van der Waals surface area contributed by atoms with E-state index >= 15 is 0 Å². The minimum atomic E-state index is 0.146. The third-order valence-corrected chi connectivity index (χ3v) is 3.40. The second-order valence-corrected chi connectivity index (χ2v) is 4.91. The molecule has 0 N–H and O–H groups in total. The zero-order chi connectivity index (χ0) is 11.5. The Morgan fingerprint density at radius 3 is 2.81 bits per heavy atom. The van der Waals surface area contributed by atoms with Crippen LogP contribution in [-0.2, 0) is 6.42 Å². The van der Waals surface area contributed by atoms with E-state index in [9.17, 15) is 4.79 Å². The van der Waals surface area contributed by atoms with Crippen LogP contribution in [0.1, 0.15) is 21.5 Å². The number of carbonyl (C=O) groups is 1. The normalized spacial score (nSPS) is 10.4. The Morgan fingerprint density at radius 1 is 1.38 bits per heavy atom. The summed E-state index contributed by atoms with van der Waals surface area (Å²) in [6, 6.07) is 7.36. The molecule has 0 atom stereocenters. The zero-order valence-electron chi connectivity index (χ0n) is 8.87. The van der Waals surface area contributed by atoms with Crippen molar-refractivity contribution in [1.29, 1.82) is 0 Å². The van der Waals surface area contributed by atoms with E-state index in [0.717, 1.165) is 16.7 Å². The lowest BCUT2D eigenvalue weighted by molar-refractivity contribution is 0.0992. The van der Waals surface area contributed by atoms with Crippen molar-refractivity contribution >= 4 is 28.7 Å². The number of ketones is 1. The van der Waals surface area contributed by atoms with Gasteiger partial charge < -0.3 is 0 Å². The largest absolute Gasteiger partial charge is 0.294 e. The molecule has 1 aromatic carbocycles. The highest BCUT2D eigenvalue weighted by Gasteiger charge is 2.10. The van der Waals surface area contributed by atoms with E-state index in [0.29, 0.717) is 11.4 Å². The maximum atomic E-state index is 12.0. The molecule has 0 aliphatic carbocycles. The van der Waals surface area contributed by atoms with Crippen LogP contribution >= 0.6 is 22.9 Å². The molecule has 0 saturated heterocycles. The number of thiophene rings is 1. The van der Waals surface area contributed by atoms with Gasteiger partial charge in [-0.2, -0.15) is 11.3 Å². The second-order valence-electron chi connectivity index (χ2n) is 3.69. The lowest BCUT2D eigenvalue weighted by Crippen LogP contribution is -2.04. The van der Waals surface area contributed by atoms with Crippen LogP contribution in [0.3, 0.4) is 0 Å². The summed E-state index contributed by atoms with van der Waals surface area (Å²) < 4.78 is 0. The average molecular weight is 251 g/mol. The maximum Gasteiger partial charge on any atom is 0.167 e. The predicted octanol–water partition coefficient (Wildman–Crippen LogP) is 4.14. The number of hydrogen-bond donors (Lipinski definition) is 0. The molecule has 0 saturated carbocycles. The summed E-state index contributed by atoms with van der Waals surface area (Å²) in [7, 11) is 0. The van der Waals surface area contributed by atoms with Gasteiger partial charge in [0.25, 0.3) is 0 Å². The van der Waals surface area contributed by atoms with E-state index in [4.69, 9.17) is 11.6 Å². The summed E-state index contributed by atoms with van der Waals surface area (Å²) in [6.07, 6.45) is 0.464. The molecule has 0 aliphatic heterocycles. The molecule has 1 aromatic heterocycles. The third-order valence-electron chi connectivity index (χ3n) is 2.43. The van der Waals surface area contributed by atoms with Crippen molar-refractivity contribution in [1.82, 2.24) is 0 Å². The molecule has 0 spiro atoms. The van der Waals surface area contributed by atoms with E-state index in [2.05, 4.69) is 0 Å². The van der Waals surface area contributed by atoms with Crippen LogP contribution in [0, 0.1) is 6.92 Å². The van der Waals surface area contributed by atoms with Gasteiger partial charge in [-0.3, -0.25) is 4.79 Å². The van der Waals surface area contributed by atoms with Gasteiger partial charge in [-0.25, -0.2) is 0 Å². The van der Waals surface area contributed by atoms with Gasteiger partial charge in [0.1, 0.15) is 0 Å². The standard InChI is InChI=1S/C13H11ClOS/c1-9-6-11(14)2-3-12(9)13(15)7-10-4-5-16-8-10/h2-6,8H,7H2,1H3. The smallest absolute Gasteiger partial charge is 0.167 e. The monoisotopic (exact) mass is 250 g/mol. The fourth-order valence-electron chi connectivity index (χ4n) is 1.61. The fourth-order valence-corrected chi connectivity index (χ4v) is 2.51. The van der Waals surface area contributed by atoms with E-state index < -0.39 is 0 Å². The number of rotatable bonds is 3. The summed E-state index contributed by atoms with van der Waals surface area (Å²) in [5.41, 5.74) is 2.77. The summed E-state index contributed by atoms with van der Waals surface area (Å²) in [6.45, 7) is 1.91. The van der Waals surface area contributed by atoms with Crippen molar-refractivity contribution in [3.8, 4) is 0 Å². The number of aryl methyl sites for hydroxylation is 1. The molecule has 1 heterocycles. The molecular formula is C13H11ClOS. The topological polar surface area (TPSA) is 17.1 Å². The molecule has 0 aliphatic rings. The lowest BCUT2D eigenvalue weighted by atomic mass is 10.0. The second kappa shape index (κ2) is 4.81. The fraction of sp³-hybridized carbons (Fsp3) is 0.154. The molecule has 0 bridgehead atoms. The zero-order valence-corrected chi connectivity index (χ0v) is 10.4. The SMILES string of the molecule is Cc1cc(Cl)ccc1C(=O)Cc1ccsc1. The summed E-state index contributed by atoms with van der Waals surface area (Å²) in [4.78, 5) is 12.0. The van der Waals surface area contributed by atoms with E-state index in [1.54, 1.807) is 23.5 Å². The van der Waals surface area contributed by atoms with Crippen LogP contribution in [0.5, 0.6) is 0 Å². The Bertz CT molecular complexity index is 503. The van der Waals surface area contributed by atoms with Crippen LogP contribution in [0.2, 0.25) is 5.02 Å². The first-order valence-corrected chi connectivity index (χ1v) is 6.29. The van der Waals surface area contributed by atoms with Gasteiger partial charge >= 0.3 is 0 Å². The molecule has 3 heteroatoms. The Labute approximate surface area is 104 Å². The van der Waals surface area contributed by atoms with Crippen LogP contribution in [0.25, 0.3) is 0 Å². The van der Waals surface area contributed by atoms with Gasteiger partial charge in [0.2, 0.25) is 0 Å². The van der Waals surface area contributed by atoms with E-state index in [1.807, 2.05) is 29.8 Å².